The SMILES string of the molecule is CCCCOCCCNc1nc(C(C)(C)C)nc(OC)c1N. The zero-order valence-corrected chi connectivity index (χ0v) is 14.5. The Kier molecular flexibility index (Phi) is 7.38. The van der Waals surface area contributed by atoms with E-state index < -0.39 is 0 Å². The monoisotopic (exact) mass is 310 g/mol. The average molecular weight is 310 g/mol. The summed E-state index contributed by atoms with van der Waals surface area (Å²) in [5.41, 5.74) is 6.32. The van der Waals surface area contributed by atoms with E-state index in [1.807, 2.05) is 0 Å². The first-order valence-electron chi connectivity index (χ1n) is 7.93. The van der Waals surface area contributed by atoms with Crippen LogP contribution in [-0.2, 0) is 10.2 Å². The number of methoxy groups -OCH3 is 1. The van der Waals surface area contributed by atoms with Crippen molar-refractivity contribution in [2.24, 2.45) is 0 Å². The maximum absolute atomic E-state index is 6.04. The van der Waals surface area contributed by atoms with Gasteiger partial charge in [-0.05, 0) is 12.8 Å². The highest BCUT2D eigenvalue weighted by molar-refractivity contribution is 5.67. The lowest BCUT2D eigenvalue weighted by atomic mass is 9.96. The molecule has 0 bridgehead atoms. The van der Waals surface area contributed by atoms with Gasteiger partial charge in [0.25, 0.3) is 0 Å². The lowest BCUT2D eigenvalue weighted by Crippen LogP contribution is -2.19. The summed E-state index contributed by atoms with van der Waals surface area (Å²) in [5, 5.41) is 3.25. The van der Waals surface area contributed by atoms with Crippen LogP contribution in [0.3, 0.4) is 0 Å². The number of ether oxygens (including phenoxy) is 2. The van der Waals surface area contributed by atoms with Gasteiger partial charge in [-0.15, -0.1) is 0 Å². The second-order valence-electron chi connectivity index (χ2n) is 6.32. The molecule has 0 atom stereocenters. The highest BCUT2D eigenvalue weighted by Crippen LogP contribution is 2.29. The molecule has 0 aromatic carbocycles. The summed E-state index contributed by atoms with van der Waals surface area (Å²) in [4.78, 5) is 8.91. The zero-order chi connectivity index (χ0) is 16.6. The van der Waals surface area contributed by atoms with Crippen molar-refractivity contribution >= 4 is 11.5 Å². The largest absolute Gasteiger partial charge is 0.479 e. The summed E-state index contributed by atoms with van der Waals surface area (Å²) in [6, 6.07) is 0. The summed E-state index contributed by atoms with van der Waals surface area (Å²) in [7, 11) is 1.57. The van der Waals surface area contributed by atoms with Crippen molar-refractivity contribution in [2.75, 3.05) is 37.9 Å². The van der Waals surface area contributed by atoms with E-state index in [0.29, 0.717) is 23.2 Å². The molecular formula is C16H30N4O2. The molecule has 1 aromatic heterocycles. The minimum Gasteiger partial charge on any atom is -0.479 e. The van der Waals surface area contributed by atoms with E-state index in [4.69, 9.17) is 15.2 Å². The molecule has 22 heavy (non-hydrogen) atoms. The van der Waals surface area contributed by atoms with E-state index in [0.717, 1.165) is 39.0 Å². The van der Waals surface area contributed by atoms with Crippen molar-refractivity contribution < 1.29 is 9.47 Å². The third-order valence-corrected chi connectivity index (χ3v) is 3.17. The Morgan fingerprint density at radius 3 is 2.41 bits per heavy atom. The topological polar surface area (TPSA) is 82.3 Å². The molecule has 0 radical (unpaired) electrons. The molecule has 0 saturated heterocycles. The number of nitrogens with zero attached hydrogens (tertiary/aromatic N) is 2. The molecule has 0 aliphatic carbocycles. The Bertz CT molecular complexity index is 458. The van der Waals surface area contributed by atoms with Gasteiger partial charge in [0.15, 0.2) is 5.82 Å². The standard InChI is InChI=1S/C16H30N4O2/c1-6-7-10-22-11-8-9-18-13-12(17)14(21-5)20-15(19-13)16(2,3)4/h6-11,17H2,1-5H3,(H,18,19,20). The summed E-state index contributed by atoms with van der Waals surface area (Å²) in [5.74, 6) is 1.76. The molecule has 0 unspecified atom stereocenters. The number of aromatic nitrogens is 2. The minimum absolute atomic E-state index is 0.166. The van der Waals surface area contributed by atoms with E-state index in [-0.39, 0.29) is 5.41 Å². The molecule has 6 heteroatoms. The van der Waals surface area contributed by atoms with Gasteiger partial charge in [0, 0.05) is 25.2 Å². The summed E-state index contributed by atoms with van der Waals surface area (Å²) in [6.45, 7) is 10.6. The van der Waals surface area contributed by atoms with Gasteiger partial charge in [0.2, 0.25) is 5.88 Å². The van der Waals surface area contributed by atoms with Gasteiger partial charge in [-0.1, -0.05) is 34.1 Å². The van der Waals surface area contributed by atoms with Gasteiger partial charge in [-0.25, -0.2) is 4.98 Å². The summed E-state index contributed by atoms with van der Waals surface area (Å²) >= 11 is 0. The maximum Gasteiger partial charge on any atom is 0.242 e. The third kappa shape index (κ3) is 5.67. The van der Waals surface area contributed by atoms with Gasteiger partial charge in [-0.3, -0.25) is 0 Å². The van der Waals surface area contributed by atoms with E-state index >= 15 is 0 Å². The first-order valence-corrected chi connectivity index (χ1v) is 7.93. The number of hydrogen-bond acceptors (Lipinski definition) is 6. The number of nitrogens with two attached hydrogens (primary N) is 1. The molecule has 1 rings (SSSR count). The molecule has 0 aliphatic heterocycles. The first kappa shape index (κ1) is 18.5. The lowest BCUT2D eigenvalue weighted by Gasteiger charge is -2.20. The normalized spacial score (nSPS) is 11.5. The molecule has 0 spiro atoms. The van der Waals surface area contributed by atoms with Crippen LogP contribution in [0.2, 0.25) is 0 Å². The van der Waals surface area contributed by atoms with Crippen molar-refractivity contribution in [1.82, 2.24) is 9.97 Å². The number of hydrogen-bond donors (Lipinski definition) is 2. The van der Waals surface area contributed by atoms with Crippen molar-refractivity contribution in [3.63, 3.8) is 0 Å². The van der Waals surface area contributed by atoms with E-state index in [9.17, 15) is 0 Å². The van der Waals surface area contributed by atoms with Crippen LogP contribution in [0.4, 0.5) is 11.5 Å². The average Bonchev–Trinajstić information content (AvgIpc) is 2.46. The van der Waals surface area contributed by atoms with Crippen LogP contribution < -0.4 is 15.8 Å². The van der Waals surface area contributed by atoms with Crippen molar-refractivity contribution in [2.45, 2.75) is 52.4 Å². The molecule has 0 amide bonds. The fourth-order valence-corrected chi connectivity index (χ4v) is 1.80. The van der Waals surface area contributed by atoms with Gasteiger partial charge >= 0.3 is 0 Å². The molecule has 6 nitrogen and oxygen atoms in total. The Morgan fingerprint density at radius 2 is 1.82 bits per heavy atom. The van der Waals surface area contributed by atoms with E-state index in [2.05, 4.69) is 43.0 Å². The van der Waals surface area contributed by atoms with Crippen LogP contribution in [0.1, 0.15) is 52.8 Å². The van der Waals surface area contributed by atoms with Gasteiger partial charge in [0.1, 0.15) is 11.5 Å². The predicted molar refractivity (Wildman–Crippen MR) is 90.5 cm³/mol. The fraction of sp³-hybridized carbons (Fsp3) is 0.750. The van der Waals surface area contributed by atoms with Crippen molar-refractivity contribution in [3.8, 4) is 5.88 Å². The minimum atomic E-state index is -0.166. The quantitative estimate of drug-likeness (QED) is 0.682. The first-order chi connectivity index (χ1) is 10.4. The van der Waals surface area contributed by atoms with E-state index in [1.54, 1.807) is 7.11 Å². The van der Waals surface area contributed by atoms with Crippen molar-refractivity contribution in [1.29, 1.82) is 0 Å². The molecule has 1 aromatic rings. The van der Waals surface area contributed by atoms with Crippen LogP contribution in [0.25, 0.3) is 0 Å². The molecule has 3 N–H and O–H groups in total. The van der Waals surface area contributed by atoms with Crippen LogP contribution in [0, 0.1) is 0 Å². The Morgan fingerprint density at radius 1 is 1.14 bits per heavy atom. The molecule has 126 valence electrons. The second kappa shape index (κ2) is 8.78. The van der Waals surface area contributed by atoms with Crippen LogP contribution >= 0.6 is 0 Å². The molecule has 1 heterocycles. The van der Waals surface area contributed by atoms with Crippen LogP contribution in [0.5, 0.6) is 5.88 Å². The number of nitrogens with one attached hydrogen (secondary N) is 1. The molecule has 0 fully saturated rings. The second-order valence-corrected chi connectivity index (χ2v) is 6.32. The molecular weight excluding hydrogens is 280 g/mol. The maximum atomic E-state index is 6.04. The summed E-state index contributed by atoms with van der Waals surface area (Å²) < 4.78 is 10.8. The Hall–Kier alpha value is -1.56. The highest BCUT2D eigenvalue weighted by atomic mass is 16.5. The number of nitrogen functional groups attached to an aromatic ring is 1. The Labute approximate surface area is 133 Å². The van der Waals surface area contributed by atoms with Crippen LogP contribution in [-0.4, -0.2) is 36.8 Å². The van der Waals surface area contributed by atoms with E-state index in [1.165, 1.54) is 0 Å². The highest BCUT2D eigenvalue weighted by Gasteiger charge is 2.21. The van der Waals surface area contributed by atoms with Gasteiger partial charge in [-0.2, -0.15) is 4.98 Å². The molecule has 0 aliphatic rings. The smallest absolute Gasteiger partial charge is 0.242 e. The van der Waals surface area contributed by atoms with Crippen LogP contribution in [0.15, 0.2) is 0 Å². The zero-order valence-electron chi connectivity index (χ0n) is 14.5. The number of rotatable bonds is 9. The fourth-order valence-electron chi connectivity index (χ4n) is 1.80. The van der Waals surface area contributed by atoms with Gasteiger partial charge in [0.05, 0.1) is 7.11 Å². The predicted octanol–water partition coefficient (Wildman–Crippen LogP) is 2.98. The number of anilines is 2. The van der Waals surface area contributed by atoms with Gasteiger partial charge < -0.3 is 20.5 Å². The van der Waals surface area contributed by atoms with Crippen molar-refractivity contribution in [3.05, 3.63) is 5.82 Å². The third-order valence-electron chi connectivity index (χ3n) is 3.17. The Balaban J connectivity index is 2.62. The lowest BCUT2D eigenvalue weighted by molar-refractivity contribution is 0.131. The number of unbranched alkanes of at least 4 members (excludes halogenated alkanes) is 1. The summed E-state index contributed by atoms with van der Waals surface area (Å²) in [6.07, 6.45) is 3.17. The molecule has 0 saturated carbocycles.